The van der Waals surface area contributed by atoms with Crippen LogP contribution in [0.15, 0.2) is 36.4 Å². The average molecular weight is 271 g/mol. The molecule has 3 rings (SSSR count). The topological polar surface area (TPSA) is 51.5 Å². The van der Waals surface area contributed by atoms with Crippen molar-refractivity contribution in [1.29, 1.82) is 5.26 Å². The number of hydrogen-bond donors (Lipinski definition) is 0. The largest absolute Gasteiger partial charge is 0.488 e. The van der Waals surface area contributed by atoms with E-state index >= 15 is 0 Å². The molecule has 5 heteroatoms. The van der Waals surface area contributed by atoms with Crippen molar-refractivity contribution in [3.05, 3.63) is 53.3 Å². The van der Waals surface area contributed by atoms with Crippen molar-refractivity contribution < 1.29 is 18.6 Å². The second-order valence-corrected chi connectivity index (χ2v) is 4.23. The molecule has 0 spiro atoms. The summed E-state index contributed by atoms with van der Waals surface area (Å²) < 4.78 is 29.0. The molecule has 1 heterocycles. The van der Waals surface area contributed by atoms with Crippen LogP contribution < -0.4 is 14.2 Å². The summed E-state index contributed by atoms with van der Waals surface area (Å²) in [6.07, 6.45) is 0. The first-order valence-electron chi connectivity index (χ1n) is 5.97. The summed E-state index contributed by atoms with van der Waals surface area (Å²) in [5.74, 6) is 1.27. The molecule has 0 bridgehead atoms. The van der Waals surface area contributed by atoms with E-state index < -0.39 is 5.82 Å². The Hall–Kier alpha value is -2.74. The lowest BCUT2D eigenvalue weighted by Gasteiger charge is -2.08. The average Bonchev–Trinajstić information content (AvgIpc) is 2.93. The normalized spacial score (nSPS) is 12.0. The number of ether oxygens (including phenoxy) is 3. The summed E-state index contributed by atoms with van der Waals surface area (Å²) in [4.78, 5) is 0. The molecule has 0 N–H and O–H groups in total. The van der Waals surface area contributed by atoms with Crippen LogP contribution in [-0.2, 0) is 6.61 Å². The second kappa shape index (κ2) is 5.10. The maximum absolute atomic E-state index is 13.0. The molecule has 0 aliphatic carbocycles. The molecule has 20 heavy (non-hydrogen) atoms. The van der Waals surface area contributed by atoms with Gasteiger partial charge < -0.3 is 14.2 Å². The highest BCUT2D eigenvalue weighted by Crippen LogP contribution is 2.32. The van der Waals surface area contributed by atoms with Gasteiger partial charge in [0, 0.05) is 0 Å². The van der Waals surface area contributed by atoms with E-state index in [1.165, 1.54) is 12.1 Å². The fourth-order valence-electron chi connectivity index (χ4n) is 1.91. The third kappa shape index (κ3) is 2.36. The zero-order valence-corrected chi connectivity index (χ0v) is 10.4. The van der Waals surface area contributed by atoms with Crippen molar-refractivity contribution in [3.63, 3.8) is 0 Å². The monoisotopic (exact) mass is 271 g/mol. The number of hydrogen-bond acceptors (Lipinski definition) is 4. The van der Waals surface area contributed by atoms with Gasteiger partial charge in [-0.25, -0.2) is 4.39 Å². The van der Waals surface area contributed by atoms with Crippen LogP contribution in [0.1, 0.15) is 11.1 Å². The van der Waals surface area contributed by atoms with Crippen molar-refractivity contribution in [1.82, 2.24) is 0 Å². The van der Waals surface area contributed by atoms with Crippen molar-refractivity contribution >= 4 is 0 Å². The van der Waals surface area contributed by atoms with Crippen LogP contribution in [0.25, 0.3) is 0 Å². The zero-order chi connectivity index (χ0) is 13.9. The summed E-state index contributed by atoms with van der Waals surface area (Å²) >= 11 is 0. The number of rotatable bonds is 3. The van der Waals surface area contributed by atoms with Gasteiger partial charge >= 0.3 is 0 Å². The van der Waals surface area contributed by atoms with Gasteiger partial charge in [0.05, 0.1) is 5.56 Å². The van der Waals surface area contributed by atoms with Gasteiger partial charge in [0.2, 0.25) is 6.79 Å². The molecule has 0 radical (unpaired) electrons. The number of nitrogens with zero attached hydrogens (tertiary/aromatic N) is 1. The maximum atomic E-state index is 13.0. The lowest BCUT2D eigenvalue weighted by molar-refractivity contribution is 0.174. The van der Waals surface area contributed by atoms with Crippen LogP contribution in [0, 0.1) is 17.1 Å². The SMILES string of the molecule is N#Cc1cc(F)ccc1OCc1ccc2c(c1)OCO2. The van der Waals surface area contributed by atoms with Gasteiger partial charge in [0.25, 0.3) is 0 Å². The fraction of sp³-hybridized carbons (Fsp3) is 0.133. The Balaban J connectivity index is 1.75. The van der Waals surface area contributed by atoms with Crippen LogP contribution in [0.2, 0.25) is 0 Å². The van der Waals surface area contributed by atoms with Gasteiger partial charge in [0.15, 0.2) is 11.5 Å². The highest BCUT2D eigenvalue weighted by molar-refractivity contribution is 5.45. The molecular formula is C15H10FNO3. The van der Waals surface area contributed by atoms with Gasteiger partial charge in [-0.2, -0.15) is 5.26 Å². The standard InChI is InChI=1S/C15H10FNO3/c16-12-2-4-13(11(6-12)7-17)18-8-10-1-3-14-15(5-10)20-9-19-14/h1-6H,8-9H2. The Morgan fingerprint density at radius 3 is 2.85 bits per heavy atom. The first-order valence-corrected chi connectivity index (χ1v) is 5.97. The lowest BCUT2D eigenvalue weighted by Crippen LogP contribution is -1.98. The molecule has 0 fully saturated rings. The van der Waals surface area contributed by atoms with Gasteiger partial charge in [-0.15, -0.1) is 0 Å². The van der Waals surface area contributed by atoms with Crippen molar-refractivity contribution in [2.24, 2.45) is 0 Å². The number of benzene rings is 2. The first-order chi connectivity index (χ1) is 9.76. The molecule has 2 aromatic rings. The summed E-state index contributed by atoms with van der Waals surface area (Å²) in [6, 6.07) is 11.2. The highest BCUT2D eigenvalue weighted by atomic mass is 19.1. The van der Waals surface area contributed by atoms with Crippen molar-refractivity contribution in [2.45, 2.75) is 6.61 Å². The summed E-state index contributed by atoms with van der Waals surface area (Å²) in [5, 5.41) is 8.93. The molecule has 100 valence electrons. The molecule has 2 aromatic carbocycles. The van der Waals surface area contributed by atoms with E-state index in [4.69, 9.17) is 19.5 Å². The molecule has 0 unspecified atom stereocenters. The van der Waals surface area contributed by atoms with Crippen LogP contribution in [0.5, 0.6) is 17.2 Å². The molecule has 1 aliphatic rings. The minimum absolute atomic E-state index is 0.172. The van der Waals surface area contributed by atoms with Crippen molar-refractivity contribution in [2.75, 3.05) is 6.79 Å². The minimum Gasteiger partial charge on any atom is -0.488 e. The third-order valence-corrected chi connectivity index (χ3v) is 2.89. The highest BCUT2D eigenvalue weighted by Gasteiger charge is 2.13. The smallest absolute Gasteiger partial charge is 0.231 e. The van der Waals surface area contributed by atoms with Gasteiger partial charge in [-0.1, -0.05) is 6.07 Å². The number of fused-ring (bicyclic) bond motifs is 1. The van der Waals surface area contributed by atoms with E-state index in [9.17, 15) is 4.39 Å². The van der Waals surface area contributed by atoms with E-state index in [-0.39, 0.29) is 19.0 Å². The van der Waals surface area contributed by atoms with E-state index in [0.717, 1.165) is 11.6 Å². The van der Waals surface area contributed by atoms with Crippen LogP contribution >= 0.6 is 0 Å². The molecular weight excluding hydrogens is 261 g/mol. The van der Waals surface area contributed by atoms with E-state index in [1.54, 1.807) is 6.07 Å². The van der Waals surface area contributed by atoms with Gasteiger partial charge in [-0.05, 0) is 35.9 Å². The Morgan fingerprint density at radius 1 is 1.15 bits per heavy atom. The number of halogens is 1. The summed E-state index contributed by atoms with van der Waals surface area (Å²) in [7, 11) is 0. The quantitative estimate of drug-likeness (QED) is 0.861. The number of nitriles is 1. The maximum Gasteiger partial charge on any atom is 0.231 e. The van der Waals surface area contributed by atoms with E-state index in [0.29, 0.717) is 17.2 Å². The van der Waals surface area contributed by atoms with Crippen molar-refractivity contribution in [3.8, 4) is 23.3 Å². The molecule has 0 saturated carbocycles. The molecule has 1 aliphatic heterocycles. The second-order valence-electron chi connectivity index (χ2n) is 4.23. The third-order valence-electron chi connectivity index (χ3n) is 2.89. The summed E-state index contributed by atoms with van der Waals surface area (Å²) in [6.45, 7) is 0.479. The molecule has 0 saturated heterocycles. The van der Waals surface area contributed by atoms with Crippen LogP contribution in [0.4, 0.5) is 4.39 Å². The zero-order valence-electron chi connectivity index (χ0n) is 10.4. The Labute approximate surface area is 114 Å². The Morgan fingerprint density at radius 2 is 2.00 bits per heavy atom. The van der Waals surface area contributed by atoms with Gasteiger partial charge in [0.1, 0.15) is 24.2 Å². The molecule has 0 atom stereocenters. The Bertz CT molecular complexity index is 694. The Kier molecular flexibility index (Phi) is 3.13. The van der Waals surface area contributed by atoms with E-state index in [1.807, 2.05) is 18.2 Å². The van der Waals surface area contributed by atoms with E-state index in [2.05, 4.69) is 0 Å². The van der Waals surface area contributed by atoms with Crippen LogP contribution in [0.3, 0.4) is 0 Å². The predicted molar refractivity (Wildman–Crippen MR) is 68.0 cm³/mol. The molecule has 0 aromatic heterocycles. The van der Waals surface area contributed by atoms with Gasteiger partial charge in [-0.3, -0.25) is 0 Å². The van der Waals surface area contributed by atoms with Crippen LogP contribution in [-0.4, -0.2) is 6.79 Å². The lowest BCUT2D eigenvalue weighted by atomic mass is 10.2. The fourth-order valence-corrected chi connectivity index (χ4v) is 1.91. The minimum atomic E-state index is -0.461. The molecule has 0 amide bonds. The summed E-state index contributed by atoms with van der Waals surface area (Å²) in [5.41, 5.74) is 1.05. The first kappa shape index (κ1) is 12.3. The predicted octanol–water partition coefficient (Wildman–Crippen LogP) is 3.01. The molecule has 4 nitrogen and oxygen atoms in total.